The highest BCUT2D eigenvalue weighted by Gasteiger charge is 2.19. The van der Waals surface area contributed by atoms with Crippen LogP contribution in [0.15, 0.2) is 39.4 Å². The number of thiazole rings is 2. The van der Waals surface area contributed by atoms with E-state index in [1.54, 1.807) is 29.6 Å². The first-order chi connectivity index (χ1) is 14.3. The predicted molar refractivity (Wildman–Crippen MR) is 121 cm³/mol. The van der Waals surface area contributed by atoms with Crippen molar-refractivity contribution in [1.82, 2.24) is 9.97 Å². The Balaban J connectivity index is 1.51. The number of ether oxygens (including phenoxy) is 1. The van der Waals surface area contributed by atoms with Gasteiger partial charge >= 0.3 is 5.97 Å². The molecule has 4 rings (SSSR count). The van der Waals surface area contributed by atoms with Gasteiger partial charge < -0.3 is 9.15 Å². The fraction of sp³-hybridized carbons (Fsp3) is 0.348. The number of nitrogens with zero attached hydrogens (tertiary/aromatic N) is 2. The molecule has 30 heavy (non-hydrogen) atoms. The van der Waals surface area contributed by atoms with Gasteiger partial charge in [0.1, 0.15) is 5.58 Å². The Labute approximate surface area is 183 Å². The molecular formula is C23H24N2O3S2. The molecule has 3 heterocycles. The average Bonchev–Trinajstić information content (AvgIpc) is 3.40. The van der Waals surface area contributed by atoms with E-state index >= 15 is 0 Å². The van der Waals surface area contributed by atoms with E-state index in [2.05, 4.69) is 49.3 Å². The van der Waals surface area contributed by atoms with Gasteiger partial charge in [-0.15, -0.1) is 22.7 Å². The van der Waals surface area contributed by atoms with Crippen molar-refractivity contribution in [2.24, 2.45) is 0 Å². The first kappa shape index (κ1) is 20.8. The maximum Gasteiger partial charge on any atom is 0.311 e. The molecule has 0 unspecified atom stereocenters. The summed E-state index contributed by atoms with van der Waals surface area (Å²) in [5.74, 6) is 0.562. The van der Waals surface area contributed by atoms with Crippen LogP contribution in [0, 0.1) is 0 Å². The van der Waals surface area contributed by atoms with Crippen molar-refractivity contribution < 1.29 is 13.9 Å². The summed E-state index contributed by atoms with van der Waals surface area (Å²) in [7, 11) is 0. The van der Waals surface area contributed by atoms with Gasteiger partial charge in [-0.1, -0.05) is 26.8 Å². The SMILES string of the molecule is CCOC(=O)Cc1csc(Cc2ccc3oc(-c4nc(C(C)(C)C)cs4)cc3c2)n1. The van der Waals surface area contributed by atoms with Crippen LogP contribution in [-0.2, 0) is 27.8 Å². The molecule has 0 bridgehead atoms. The molecule has 156 valence electrons. The Bertz CT molecular complexity index is 1180. The number of benzene rings is 1. The monoisotopic (exact) mass is 440 g/mol. The van der Waals surface area contributed by atoms with Crippen LogP contribution < -0.4 is 0 Å². The van der Waals surface area contributed by atoms with Gasteiger partial charge in [0.2, 0.25) is 0 Å². The van der Waals surface area contributed by atoms with Crippen LogP contribution in [0.3, 0.4) is 0 Å². The number of fused-ring (bicyclic) bond motifs is 1. The van der Waals surface area contributed by atoms with E-state index < -0.39 is 0 Å². The maximum absolute atomic E-state index is 11.6. The lowest BCUT2D eigenvalue weighted by molar-refractivity contribution is -0.142. The van der Waals surface area contributed by atoms with E-state index in [1.807, 2.05) is 11.4 Å². The summed E-state index contributed by atoms with van der Waals surface area (Å²) in [4.78, 5) is 21.0. The minimum Gasteiger partial charge on any atom is -0.466 e. The van der Waals surface area contributed by atoms with Crippen LogP contribution in [0.4, 0.5) is 0 Å². The average molecular weight is 441 g/mol. The fourth-order valence-corrected chi connectivity index (χ4v) is 4.91. The van der Waals surface area contributed by atoms with Crippen molar-refractivity contribution >= 4 is 39.6 Å². The lowest BCUT2D eigenvalue weighted by atomic mass is 9.93. The number of hydrogen-bond acceptors (Lipinski definition) is 7. The van der Waals surface area contributed by atoms with E-state index in [-0.39, 0.29) is 17.8 Å². The van der Waals surface area contributed by atoms with Gasteiger partial charge in [0, 0.05) is 28.0 Å². The molecule has 0 N–H and O–H groups in total. The highest BCUT2D eigenvalue weighted by molar-refractivity contribution is 7.13. The summed E-state index contributed by atoms with van der Waals surface area (Å²) in [5, 5.41) is 6.96. The third-order valence-corrected chi connectivity index (χ3v) is 6.40. The summed E-state index contributed by atoms with van der Waals surface area (Å²) < 4.78 is 11.0. The highest BCUT2D eigenvalue weighted by atomic mass is 32.1. The number of furan rings is 1. The Morgan fingerprint density at radius 3 is 2.70 bits per heavy atom. The van der Waals surface area contributed by atoms with Crippen molar-refractivity contribution in [2.75, 3.05) is 6.61 Å². The van der Waals surface area contributed by atoms with E-state index in [9.17, 15) is 4.79 Å². The fourth-order valence-electron chi connectivity index (χ4n) is 3.09. The minimum atomic E-state index is -0.237. The maximum atomic E-state index is 11.6. The van der Waals surface area contributed by atoms with E-state index in [1.165, 1.54) is 0 Å². The van der Waals surface area contributed by atoms with Crippen LogP contribution in [0.5, 0.6) is 0 Å². The molecule has 0 radical (unpaired) electrons. The van der Waals surface area contributed by atoms with Gasteiger partial charge in [-0.05, 0) is 30.7 Å². The van der Waals surface area contributed by atoms with Gasteiger partial charge in [0.25, 0.3) is 0 Å². The molecule has 5 nitrogen and oxygen atoms in total. The number of hydrogen-bond donors (Lipinski definition) is 0. The molecule has 0 spiro atoms. The van der Waals surface area contributed by atoms with Crippen molar-refractivity contribution in [2.45, 2.75) is 46.0 Å². The minimum absolute atomic E-state index is 0.0216. The lowest BCUT2D eigenvalue weighted by Gasteiger charge is -2.13. The van der Waals surface area contributed by atoms with Gasteiger partial charge in [-0.2, -0.15) is 0 Å². The van der Waals surface area contributed by atoms with Crippen LogP contribution in [0.1, 0.15) is 49.7 Å². The van der Waals surface area contributed by atoms with Crippen LogP contribution in [-0.4, -0.2) is 22.5 Å². The smallest absolute Gasteiger partial charge is 0.311 e. The molecule has 4 aromatic rings. The summed E-state index contributed by atoms with van der Waals surface area (Å²) in [6.45, 7) is 8.68. The largest absolute Gasteiger partial charge is 0.466 e. The second-order valence-electron chi connectivity index (χ2n) is 8.16. The summed E-state index contributed by atoms with van der Waals surface area (Å²) in [6, 6.07) is 8.25. The second-order valence-corrected chi connectivity index (χ2v) is 9.96. The number of aromatic nitrogens is 2. The molecule has 0 atom stereocenters. The zero-order chi connectivity index (χ0) is 21.3. The van der Waals surface area contributed by atoms with Crippen molar-refractivity contribution in [3.05, 3.63) is 57.0 Å². The van der Waals surface area contributed by atoms with Crippen LogP contribution in [0.2, 0.25) is 0 Å². The van der Waals surface area contributed by atoms with Crippen molar-refractivity contribution in [1.29, 1.82) is 0 Å². The van der Waals surface area contributed by atoms with Gasteiger partial charge in [-0.25, -0.2) is 9.97 Å². The molecule has 7 heteroatoms. The zero-order valence-electron chi connectivity index (χ0n) is 17.5. The van der Waals surface area contributed by atoms with Crippen LogP contribution in [0.25, 0.3) is 21.7 Å². The summed E-state index contributed by atoms with van der Waals surface area (Å²) >= 11 is 3.18. The molecule has 0 amide bonds. The second kappa shape index (κ2) is 8.32. The van der Waals surface area contributed by atoms with Gasteiger partial charge in [0.15, 0.2) is 10.8 Å². The Morgan fingerprint density at radius 2 is 1.97 bits per heavy atom. The van der Waals surface area contributed by atoms with E-state index in [0.29, 0.717) is 6.61 Å². The van der Waals surface area contributed by atoms with E-state index in [0.717, 1.165) is 50.1 Å². The summed E-state index contributed by atoms with van der Waals surface area (Å²) in [6.07, 6.45) is 0.939. The van der Waals surface area contributed by atoms with E-state index in [4.69, 9.17) is 14.1 Å². The van der Waals surface area contributed by atoms with Gasteiger partial charge in [-0.3, -0.25) is 4.79 Å². The predicted octanol–water partition coefficient (Wildman–Crippen LogP) is 6.01. The Hall–Kier alpha value is -2.51. The quantitative estimate of drug-likeness (QED) is 0.344. The van der Waals surface area contributed by atoms with Crippen LogP contribution >= 0.6 is 22.7 Å². The third kappa shape index (κ3) is 4.63. The number of rotatable bonds is 6. The topological polar surface area (TPSA) is 65.2 Å². The molecule has 0 fully saturated rings. The van der Waals surface area contributed by atoms with Crippen molar-refractivity contribution in [3.8, 4) is 10.8 Å². The van der Waals surface area contributed by atoms with Gasteiger partial charge in [0.05, 0.1) is 29.4 Å². The molecule has 3 aromatic heterocycles. The molecule has 1 aromatic carbocycles. The number of carbonyl (C=O) groups is 1. The molecule has 0 saturated carbocycles. The molecule has 0 aliphatic rings. The normalized spacial score (nSPS) is 11.9. The zero-order valence-corrected chi connectivity index (χ0v) is 19.2. The lowest BCUT2D eigenvalue weighted by Crippen LogP contribution is -2.11. The summed E-state index contributed by atoms with van der Waals surface area (Å²) in [5.41, 5.74) is 3.86. The Morgan fingerprint density at radius 1 is 1.13 bits per heavy atom. The molecule has 0 saturated heterocycles. The first-order valence-corrected chi connectivity index (χ1v) is 11.7. The third-order valence-electron chi connectivity index (χ3n) is 4.65. The first-order valence-electron chi connectivity index (χ1n) is 9.89. The molecule has 0 aliphatic carbocycles. The molecular weight excluding hydrogens is 416 g/mol. The number of esters is 1. The highest BCUT2D eigenvalue weighted by Crippen LogP contribution is 2.33. The number of carbonyl (C=O) groups excluding carboxylic acids is 1. The van der Waals surface area contributed by atoms with Crippen molar-refractivity contribution in [3.63, 3.8) is 0 Å². The Kier molecular flexibility index (Phi) is 5.75. The molecule has 0 aliphatic heterocycles. The standard InChI is InChI=1S/C23H24N2O3S2/c1-5-27-21(26)11-16-12-29-20(24-16)9-14-6-7-17-15(8-14)10-18(28-17)22-25-19(13-30-22)23(2,3)4/h6-8,10,12-13H,5,9,11H2,1-4H3.